The molecule has 0 radical (unpaired) electrons. The zero-order valence-electron chi connectivity index (χ0n) is 17.2. The first-order valence-electron chi connectivity index (χ1n) is 9.61. The first kappa shape index (κ1) is 28.6. The summed E-state index contributed by atoms with van der Waals surface area (Å²) in [6.45, 7) is 10.7. The van der Waals surface area contributed by atoms with Gasteiger partial charge in [0, 0.05) is 26.2 Å². The molecule has 0 aliphatic carbocycles. The zero-order chi connectivity index (χ0) is 21.4. The van der Waals surface area contributed by atoms with E-state index < -0.39 is 0 Å². The molecule has 2 rings (SSSR count). The number of nitrogens with zero attached hydrogens (tertiary/aromatic N) is 4. The Hall–Kier alpha value is -0.412. The summed E-state index contributed by atoms with van der Waals surface area (Å²) in [6.07, 6.45) is 3.59. The average Bonchev–Trinajstić information content (AvgIpc) is 2.99. The van der Waals surface area contributed by atoms with Crippen molar-refractivity contribution >= 4 is 50.5 Å². The van der Waals surface area contributed by atoms with Gasteiger partial charge in [-0.05, 0) is 25.7 Å². The largest absolute Gasteiger partial charge is 4.00 e. The molecular formula is C18H28N4O2PtS4. The smallest absolute Gasteiger partial charge is 0.762 e. The van der Waals surface area contributed by atoms with Crippen molar-refractivity contribution in [2.75, 3.05) is 0 Å². The molecule has 0 fully saturated rings. The van der Waals surface area contributed by atoms with Crippen LogP contribution in [0.4, 0.5) is 0 Å². The molecular weight excluding hydrogens is 628 g/mol. The van der Waals surface area contributed by atoms with Gasteiger partial charge in [-0.25, -0.2) is 9.59 Å². The number of hydrogen-bond donors (Lipinski definition) is 0. The molecule has 0 saturated heterocycles. The quantitative estimate of drug-likeness (QED) is 0.408. The van der Waals surface area contributed by atoms with Crippen LogP contribution in [0.1, 0.15) is 53.4 Å². The van der Waals surface area contributed by atoms with Crippen LogP contribution in [0.15, 0.2) is 29.7 Å². The van der Waals surface area contributed by atoms with Crippen LogP contribution in [0.3, 0.4) is 0 Å². The predicted molar refractivity (Wildman–Crippen MR) is 121 cm³/mol. The molecule has 0 spiro atoms. The zero-order valence-corrected chi connectivity index (χ0v) is 22.7. The number of imidazole rings is 2. The van der Waals surface area contributed by atoms with Gasteiger partial charge in [0.1, 0.15) is 0 Å². The van der Waals surface area contributed by atoms with Gasteiger partial charge in [0.2, 0.25) is 0 Å². The Bertz CT molecular complexity index is 749. The summed E-state index contributed by atoms with van der Waals surface area (Å²) in [5.41, 5.74) is -0.104. The van der Waals surface area contributed by atoms with Crippen molar-refractivity contribution in [2.24, 2.45) is 0 Å². The third-order valence-electron chi connectivity index (χ3n) is 4.06. The normalized spacial score (nSPS) is 10.3. The fourth-order valence-electron chi connectivity index (χ4n) is 2.78. The standard InChI is InChI=1S/2C9H16N2OS2.Pt/c2*1-3-5-10-7(13)8(14)11(6-4-2)9(10)12;/h2*13-14H,3-6H2,1-2H3;/q;;+4/p-4. The van der Waals surface area contributed by atoms with E-state index >= 15 is 0 Å². The second-order valence-electron chi connectivity index (χ2n) is 6.39. The Morgan fingerprint density at radius 3 is 0.828 bits per heavy atom. The Balaban J connectivity index is 0.000000523. The number of rotatable bonds is 8. The second kappa shape index (κ2) is 13.8. The fourth-order valence-corrected chi connectivity index (χ4v) is 3.90. The van der Waals surface area contributed by atoms with Crippen molar-refractivity contribution in [1.29, 1.82) is 0 Å². The van der Waals surface area contributed by atoms with Crippen LogP contribution in [0.25, 0.3) is 0 Å². The van der Waals surface area contributed by atoms with E-state index in [1.54, 1.807) is 18.3 Å². The summed E-state index contributed by atoms with van der Waals surface area (Å²) in [4.78, 5) is 23.6. The van der Waals surface area contributed by atoms with Crippen LogP contribution in [0.2, 0.25) is 0 Å². The molecule has 0 saturated carbocycles. The maximum Gasteiger partial charge on any atom is 4.00 e. The van der Waals surface area contributed by atoms with Gasteiger partial charge in [-0.2, -0.15) is 0 Å². The Kier molecular flexibility index (Phi) is 13.6. The van der Waals surface area contributed by atoms with Crippen molar-refractivity contribution in [3.63, 3.8) is 0 Å². The molecule has 6 nitrogen and oxygen atoms in total. The van der Waals surface area contributed by atoms with Crippen molar-refractivity contribution in [2.45, 2.75) is 99.7 Å². The Labute approximate surface area is 209 Å². The molecule has 0 aliphatic heterocycles. The first-order valence-corrected chi connectivity index (χ1v) is 11.2. The van der Waals surface area contributed by atoms with Crippen molar-refractivity contribution < 1.29 is 21.1 Å². The molecule has 0 N–H and O–H groups in total. The molecule has 0 aliphatic rings. The van der Waals surface area contributed by atoms with Crippen LogP contribution in [-0.4, -0.2) is 18.3 Å². The van der Waals surface area contributed by atoms with Crippen molar-refractivity contribution in [1.82, 2.24) is 18.3 Å². The number of aromatic nitrogens is 4. The minimum atomic E-state index is -0.0521. The molecule has 2 heterocycles. The monoisotopic (exact) mass is 655 g/mol. The fraction of sp³-hybridized carbons (Fsp3) is 0.667. The third kappa shape index (κ3) is 6.79. The molecule has 11 heteroatoms. The van der Waals surface area contributed by atoms with Crippen LogP contribution in [-0.2, 0) is 97.8 Å². The van der Waals surface area contributed by atoms with Gasteiger partial charge < -0.3 is 68.8 Å². The van der Waals surface area contributed by atoms with Crippen LogP contribution < -0.4 is 11.4 Å². The summed E-state index contributed by atoms with van der Waals surface area (Å²) in [7, 11) is 0. The summed E-state index contributed by atoms with van der Waals surface area (Å²) in [6, 6.07) is 0. The van der Waals surface area contributed by atoms with Gasteiger partial charge in [0.05, 0.1) is 0 Å². The van der Waals surface area contributed by atoms with E-state index in [2.05, 4.69) is 0 Å². The van der Waals surface area contributed by atoms with Gasteiger partial charge in [-0.1, -0.05) is 27.7 Å². The van der Waals surface area contributed by atoms with E-state index in [4.69, 9.17) is 50.5 Å². The van der Waals surface area contributed by atoms with Crippen molar-refractivity contribution in [3.8, 4) is 0 Å². The minimum Gasteiger partial charge on any atom is -0.762 e. The maximum absolute atomic E-state index is 11.8. The van der Waals surface area contributed by atoms with E-state index in [0.29, 0.717) is 46.3 Å². The molecule has 0 unspecified atom stereocenters. The van der Waals surface area contributed by atoms with Crippen LogP contribution >= 0.6 is 0 Å². The Morgan fingerprint density at radius 1 is 0.517 bits per heavy atom. The average molecular weight is 656 g/mol. The number of hydrogen-bond acceptors (Lipinski definition) is 6. The summed E-state index contributed by atoms with van der Waals surface area (Å²) in [5.74, 6) is 0. The molecule has 0 amide bonds. The summed E-state index contributed by atoms with van der Waals surface area (Å²) in [5, 5.41) is 2.06. The van der Waals surface area contributed by atoms with Gasteiger partial charge in [-0.15, -0.1) is 20.1 Å². The summed E-state index contributed by atoms with van der Waals surface area (Å²) < 4.78 is 6.36. The molecule has 29 heavy (non-hydrogen) atoms. The molecule has 0 atom stereocenters. The third-order valence-corrected chi connectivity index (χ3v) is 5.97. The van der Waals surface area contributed by atoms with Gasteiger partial charge in [-0.3, -0.25) is 0 Å². The Morgan fingerprint density at radius 2 is 0.690 bits per heavy atom. The van der Waals surface area contributed by atoms with Gasteiger partial charge in [0.15, 0.2) is 0 Å². The van der Waals surface area contributed by atoms with E-state index in [9.17, 15) is 9.59 Å². The summed E-state index contributed by atoms with van der Waals surface area (Å²) >= 11 is 20.5. The SMILES string of the molecule is CCCn1c([S-])c([S-])n(CCC)c1=O.CCCn1c([S-])c([S-])n(CCC)c1=O.[Pt+4]. The van der Waals surface area contributed by atoms with Crippen LogP contribution in [0, 0.1) is 0 Å². The molecule has 0 aromatic carbocycles. The van der Waals surface area contributed by atoms with Crippen LogP contribution in [0.5, 0.6) is 0 Å². The first-order chi connectivity index (χ1) is 13.3. The topological polar surface area (TPSA) is 53.9 Å². The molecule has 166 valence electrons. The molecule has 2 aromatic heterocycles. The second-order valence-corrected chi connectivity index (χ2v) is 7.94. The van der Waals surface area contributed by atoms with E-state index in [-0.39, 0.29) is 32.4 Å². The van der Waals surface area contributed by atoms with Crippen molar-refractivity contribution in [3.05, 3.63) is 21.0 Å². The van der Waals surface area contributed by atoms with Gasteiger partial charge >= 0.3 is 32.4 Å². The molecule has 0 bridgehead atoms. The maximum atomic E-state index is 11.8. The van der Waals surface area contributed by atoms with E-state index in [0.717, 1.165) is 25.7 Å². The predicted octanol–water partition coefficient (Wildman–Crippen LogP) is 2.56. The van der Waals surface area contributed by atoms with E-state index in [1.807, 2.05) is 27.7 Å². The molecule has 2 aromatic rings. The van der Waals surface area contributed by atoms with Gasteiger partial charge in [0.25, 0.3) is 0 Å². The minimum absolute atomic E-state index is 0. The van der Waals surface area contributed by atoms with E-state index in [1.165, 1.54) is 0 Å².